The van der Waals surface area contributed by atoms with Crippen LogP contribution in [-0.4, -0.2) is 21.3 Å². The van der Waals surface area contributed by atoms with Gasteiger partial charge >= 0.3 is 0 Å². The molecule has 2 fully saturated rings. The lowest BCUT2D eigenvalue weighted by atomic mass is 10.2. The van der Waals surface area contributed by atoms with Gasteiger partial charge in [-0.15, -0.1) is 5.10 Å². The number of rotatable bonds is 3. The number of hydrogen-bond donors (Lipinski definition) is 0. The second-order valence-electron chi connectivity index (χ2n) is 4.63. The van der Waals surface area contributed by atoms with Crippen LogP contribution in [0.2, 0.25) is 0 Å². The maximum absolute atomic E-state index is 11.1. The molecule has 0 aliphatic heterocycles. The summed E-state index contributed by atoms with van der Waals surface area (Å²) in [5.74, 6) is 0.514. The summed E-state index contributed by atoms with van der Waals surface area (Å²) in [6.45, 7) is 0. The van der Waals surface area contributed by atoms with Crippen LogP contribution in [0, 0.1) is 0 Å². The zero-order valence-corrected chi connectivity index (χ0v) is 8.72. The van der Waals surface area contributed by atoms with E-state index in [-0.39, 0.29) is 0 Å². The van der Waals surface area contributed by atoms with E-state index < -0.39 is 0 Å². The van der Waals surface area contributed by atoms with Gasteiger partial charge in [0.1, 0.15) is 5.69 Å². The molecule has 15 heavy (non-hydrogen) atoms. The number of aldehydes is 1. The van der Waals surface area contributed by atoms with E-state index in [1.165, 1.54) is 25.7 Å². The Kier molecular flexibility index (Phi) is 2.08. The minimum atomic E-state index is 0.421. The van der Waals surface area contributed by atoms with E-state index in [4.69, 9.17) is 0 Å². The molecule has 0 amide bonds. The average molecular weight is 205 g/mol. The largest absolute Gasteiger partial charge is 0.296 e. The third kappa shape index (κ3) is 1.48. The molecule has 1 heterocycles. The molecule has 0 bridgehead atoms. The number of aromatic nitrogens is 3. The standard InChI is InChI=1S/C11H15N3O/c15-7-10-11(8-5-6-8)12-13-14(10)9-3-1-2-4-9/h7-9H,1-6H2. The Bertz CT molecular complexity index is 375. The van der Waals surface area contributed by atoms with Crippen LogP contribution in [0.15, 0.2) is 0 Å². The molecule has 4 nitrogen and oxygen atoms in total. The molecule has 80 valence electrons. The molecule has 1 aromatic rings. The fraction of sp³-hybridized carbons (Fsp3) is 0.727. The fourth-order valence-corrected chi connectivity index (χ4v) is 2.49. The third-order valence-electron chi connectivity index (χ3n) is 3.50. The molecule has 0 aromatic carbocycles. The Morgan fingerprint density at radius 3 is 2.53 bits per heavy atom. The maximum Gasteiger partial charge on any atom is 0.170 e. The predicted molar refractivity (Wildman–Crippen MR) is 54.9 cm³/mol. The summed E-state index contributed by atoms with van der Waals surface area (Å²) in [5, 5.41) is 8.34. The third-order valence-corrected chi connectivity index (χ3v) is 3.50. The summed E-state index contributed by atoms with van der Waals surface area (Å²) >= 11 is 0. The van der Waals surface area contributed by atoms with Crippen LogP contribution in [0.5, 0.6) is 0 Å². The van der Waals surface area contributed by atoms with Crippen molar-refractivity contribution < 1.29 is 4.79 Å². The highest BCUT2D eigenvalue weighted by Gasteiger charge is 2.32. The molecule has 2 saturated carbocycles. The lowest BCUT2D eigenvalue weighted by Gasteiger charge is -2.09. The first-order valence-electron chi connectivity index (χ1n) is 5.80. The molecular formula is C11H15N3O. The Morgan fingerprint density at radius 1 is 1.20 bits per heavy atom. The van der Waals surface area contributed by atoms with Crippen molar-refractivity contribution >= 4 is 6.29 Å². The van der Waals surface area contributed by atoms with Crippen molar-refractivity contribution in [2.24, 2.45) is 0 Å². The van der Waals surface area contributed by atoms with Gasteiger partial charge in [0.25, 0.3) is 0 Å². The summed E-state index contributed by atoms with van der Waals surface area (Å²) in [6, 6.07) is 0.421. The molecule has 0 spiro atoms. The first kappa shape index (κ1) is 9.07. The zero-order chi connectivity index (χ0) is 10.3. The van der Waals surface area contributed by atoms with E-state index in [1.807, 2.05) is 4.68 Å². The minimum absolute atomic E-state index is 0.421. The molecule has 0 radical (unpaired) electrons. The quantitative estimate of drug-likeness (QED) is 0.710. The second-order valence-corrected chi connectivity index (χ2v) is 4.63. The van der Waals surface area contributed by atoms with Gasteiger partial charge in [0.15, 0.2) is 6.29 Å². The highest BCUT2D eigenvalue weighted by atomic mass is 16.1. The molecule has 0 saturated heterocycles. The van der Waals surface area contributed by atoms with Crippen LogP contribution in [-0.2, 0) is 0 Å². The van der Waals surface area contributed by atoms with Crippen molar-refractivity contribution in [3.63, 3.8) is 0 Å². The lowest BCUT2D eigenvalue weighted by Crippen LogP contribution is -2.10. The zero-order valence-electron chi connectivity index (χ0n) is 8.72. The first-order valence-corrected chi connectivity index (χ1v) is 5.80. The van der Waals surface area contributed by atoms with E-state index in [9.17, 15) is 4.79 Å². The number of carbonyl (C=O) groups is 1. The summed E-state index contributed by atoms with van der Waals surface area (Å²) in [4.78, 5) is 11.1. The molecular weight excluding hydrogens is 190 g/mol. The smallest absolute Gasteiger partial charge is 0.170 e. The van der Waals surface area contributed by atoms with Gasteiger partial charge in [-0.3, -0.25) is 4.79 Å². The molecule has 2 aliphatic rings. The molecule has 0 atom stereocenters. The fourth-order valence-electron chi connectivity index (χ4n) is 2.49. The molecule has 1 aromatic heterocycles. The van der Waals surface area contributed by atoms with Gasteiger partial charge in [0.2, 0.25) is 0 Å². The van der Waals surface area contributed by atoms with Crippen molar-refractivity contribution in [3.05, 3.63) is 11.4 Å². The van der Waals surface area contributed by atoms with Crippen LogP contribution < -0.4 is 0 Å². The highest BCUT2D eigenvalue weighted by Crippen LogP contribution is 2.41. The Morgan fingerprint density at radius 2 is 1.93 bits per heavy atom. The van der Waals surface area contributed by atoms with Crippen molar-refractivity contribution in [2.45, 2.75) is 50.5 Å². The van der Waals surface area contributed by atoms with Crippen molar-refractivity contribution in [3.8, 4) is 0 Å². The van der Waals surface area contributed by atoms with Gasteiger partial charge in [-0.1, -0.05) is 18.1 Å². The highest BCUT2D eigenvalue weighted by molar-refractivity contribution is 5.74. The lowest BCUT2D eigenvalue weighted by molar-refractivity contribution is 0.111. The predicted octanol–water partition coefficient (Wildman–Crippen LogP) is 2.08. The number of hydrogen-bond acceptors (Lipinski definition) is 3. The molecule has 2 aliphatic carbocycles. The molecule has 0 unspecified atom stereocenters. The topological polar surface area (TPSA) is 47.8 Å². The van der Waals surface area contributed by atoms with Crippen LogP contribution >= 0.6 is 0 Å². The summed E-state index contributed by atoms with van der Waals surface area (Å²) in [7, 11) is 0. The summed E-state index contributed by atoms with van der Waals surface area (Å²) in [5.41, 5.74) is 1.68. The van der Waals surface area contributed by atoms with E-state index in [2.05, 4.69) is 10.3 Å². The second kappa shape index (κ2) is 3.43. The van der Waals surface area contributed by atoms with Gasteiger partial charge in [-0.25, -0.2) is 4.68 Å². The number of nitrogens with zero attached hydrogens (tertiary/aromatic N) is 3. The van der Waals surface area contributed by atoms with Crippen molar-refractivity contribution in [2.75, 3.05) is 0 Å². The maximum atomic E-state index is 11.1. The molecule has 3 rings (SSSR count). The van der Waals surface area contributed by atoms with E-state index in [1.54, 1.807) is 0 Å². The van der Waals surface area contributed by atoms with Crippen molar-refractivity contribution in [1.82, 2.24) is 15.0 Å². The Labute approximate surface area is 88.7 Å². The van der Waals surface area contributed by atoms with Gasteiger partial charge in [-0.2, -0.15) is 0 Å². The van der Waals surface area contributed by atoms with Crippen LogP contribution in [0.4, 0.5) is 0 Å². The Balaban J connectivity index is 1.95. The van der Waals surface area contributed by atoms with Crippen LogP contribution in [0.25, 0.3) is 0 Å². The summed E-state index contributed by atoms with van der Waals surface area (Å²) in [6.07, 6.45) is 8.08. The summed E-state index contributed by atoms with van der Waals surface area (Å²) < 4.78 is 1.87. The normalized spacial score (nSPS) is 22.1. The van der Waals surface area contributed by atoms with Gasteiger partial charge in [0.05, 0.1) is 11.7 Å². The first-order chi connectivity index (χ1) is 7.40. The molecule has 4 heteroatoms. The van der Waals surface area contributed by atoms with E-state index in [0.29, 0.717) is 12.0 Å². The SMILES string of the molecule is O=Cc1c(C2CC2)nnn1C1CCCC1. The van der Waals surface area contributed by atoms with Gasteiger partial charge < -0.3 is 0 Å². The van der Waals surface area contributed by atoms with Gasteiger partial charge in [0, 0.05) is 5.92 Å². The number of carbonyl (C=O) groups excluding carboxylic acids is 1. The van der Waals surface area contributed by atoms with Crippen molar-refractivity contribution in [1.29, 1.82) is 0 Å². The van der Waals surface area contributed by atoms with E-state index in [0.717, 1.165) is 30.5 Å². The van der Waals surface area contributed by atoms with Crippen LogP contribution in [0.3, 0.4) is 0 Å². The van der Waals surface area contributed by atoms with Gasteiger partial charge in [-0.05, 0) is 25.7 Å². The molecule has 0 N–H and O–H groups in total. The van der Waals surface area contributed by atoms with E-state index >= 15 is 0 Å². The Hall–Kier alpha value is -1.19. The average Bonchev–Trinajstić information content (AvgIpc) is 2.83. The monoisotopic (exact) mass is 205 g/mol. The minimum Gasteiger partial charge on any atom is -0.296 e. The van der Waals surface area contributed by atoms with Crippen LogP contribution in [0.1, 0.15) is 66.7 Å².